The van der Waals surface area contributed by atoms with Gasteiger partial charge in [0, 0.05) is 6.04 Å². The summed E-state index contributed by atoms with van der Waals surface area (Å²) >= 11 is 0. The van der Waals surface area contributed by atoms with E-state index in [0.29, 0.717) is 6.04 Å². The van der Waals surface area contributed by atoms with E-state index in [1.54, 1.807) is 0 Å². The van der Waals surface area contributed by atoms with E-state index in [1.807, 2.05) is 0 Å². The van der Waals surface area contributed by atoms with Crippen molar-refractivity contribution in [2.24, 2.45) is 5.92 Å². The minimum atomic E-state index is -0.328. The fraction of sp³-hybridized carbons (Fsp3) is 0.500. The molecule has 1 aromatic heterocycles. The lowest BCUT2D eigenvalue weighted by molar-refractivity contribution is 0.00578. The maximum atomic E-state index is 6.19. The molecule has 3 aliphatic rings. The van der Waals surface area contributed by atoms with E-state index in [1.165, 1.54) is 30.4 Å². The van der Waals surface area contributed by atoms with Crippen LogP contribution in [0.2, 0.25) is 0 Å². The molecular formula is C26H32BN3O2. The van der Waals surface area contributed by atoms with Crippen LogP contribution < -0.4 is 5.46 Å². The van der Waals surface area contributed by atoms with Gasteiger partial charge >= 0.3 is 7.12 Å². The van der Waals surface area contributed by atoms with Crippen LogP contribution in [0.5, 0.6) is 0 Å². The minimum absolute atomic E-state index is 0.327. The molecule has 0 spiro atoms. The highest BCUT2D eigenvalue weighted by Gasteiger charge is 2.51. The number of rotatable bonds is 3. The Labute approximate surface area is 190 Å². The molecule has 1 N–H and O–H groups in total. The Kier molecular flexibility index (Phi) is 4.43. The van der Waals surface area contributed by atoms with Gasteiger partial charge in [-0.1, -0.05) is 30.3 Å². The van der Waals surface area contributed by atoms with Gasteiger partial charge in [0.1, 0.15) is 5.82 Å². The fourth-order valence-electron chi connectivity index (χ4n) is 5.78. The SMILES string of the molecule is CN1C2CCC(C2)C1c1nc2ccc(-c3ccc(B4OC(C)(C)C(C)(C)O4)cc3)cc2[nH]1. The van der Waals surface area contributed by atoms with Crippen molar-refractivity contribution < 1.29 is 9.31 Å². The zero-order valence-corrected chi connectivity index (χ0v) is 19.7. The van der Waals surface area contributed by atoms with Gasteiger partial charge in [0.25, 0.3) is 0 Å². The summed E-state index contributed by atoms with van der Waals surface area (Å²) in [6.45, 7) is 8.35. The normalized spacial score (nSPS) is 28.8. The van der Waals surface area contributed by atoms with E-state index in [0.717, 1.165) is 34.3 Å². The molecule has 2 saturated heterocycles. The van der Waals surface area contributed by atoms with E-state index in [4.69, 9.17) is 14.3 Å². The summed E-state index contributed by atoms with van der Waals surface area (Å²) in [4.78, 5) is 11.1. The molecule has 0 radical (unpaired) electrons. The number of aromatic nitrogens is 2. The smallest absolute Gasteiger partial charge is 0.399 e. The van der Waals surface area contributed by atoms with Gasteiger partial charge in [-0.25, -0.2) is 4.98 Å². The quantitative estimate of drug-likeness (QED) is 0.614. The fourth-order valence-corrected chi connectivity index (χ4v) is 5.78. The Morgan fingerprint density at radius 3 is 2.31 bits per heavy atom. The second-order valence-electron chi connectivity index (χ2n) is 10.9. The van der Waals surface area contributed by atoms with Crippen molar-refractivity contribution in [1.29, 1.82) is 0 Å². The lowest BCUT2D eigenvalue weighted by Gasteiger charge is -2.32. The van der Waals surface area contributed by atoms with Gasteiger partial charge in [0.05, 0.1) is 28.3 Å². The Hall–Kier alpha value is -2.15. The molecule has 3 atom stereocenters. The number of likely N-dealkylation sites (tertiary alicyclic amines) is 1. The van der Waals surface area contributed by atoms with Crippen LogP contribution in [0.4, 0.5) is 0 Å². The lowest BCUT2D eigenvalue weighted by Crippen LogP contribution is -2.41. The van der Waals surface area contributed by atoms with Crippen LogP contribution >= 0.6 is 0 Å². The lowest BCUT2D eigenvalue weighted by atomic mass is 9.78. The molecular weight excluding hydrogens is 397 g/mol. The van der Waals surface area contributed by atoms with Crippen LogP contribution in [0.1, 0.15) is 58.8 Å². The Balaban J connectivity index is 1.25. The number of hydrogen-bond acceptors (Lipinski definition) is 4. The summed E-state index contributed by atoms with van der Waals surface area (Å²) in [7, 11) is 1.93. The summed E-state index contributed by atoms with van der Waals surface area (Å²) in [5.41, 5.74) is 4.93. The van der Waals surface area contributed by atoms with Crippen molar-refractivity contribution in [1.82, 2.24) is 14.9 Å². The number of nitrogens with zero attached hydrogens (tertiary/aromatic N) is 2. The Morgan fingerprint density at radius 1 is 0.969 bits per heavy atom. The van der Waals surface area contributed by atoms with Crippen molar-refractivity contribution in [3.63, 3.8) is 0 Å². The number of nitrogens with one attached hydrogen (secondary N) is 1. The number of hydrogen-bond donors (Lipinski definition) is 1. The maximum absolute atomic E-state index is 6.19. The topological polar surface area (TPSA) is 50.4 Å². The van der Waals surface area contributed by atoms with Gasteiger partial charge in [-0.15, -0.1) is 0 Å². The van der Waals surface area contributed by atoms with Crippen LogP contribution in [-0.2, 0) is 9.31 Å². The summed E-state index contributed by atoms with van der Waals surface area (Å²) in [6, 6.07) is 16.2. The first-order chi connectivity index (χ1) is 15.2. The number of piperidine rings is 1. The van der Waals surface area contributed by atoms with Gasteiger partial charge < -0.3 is 14.3 Å². The van der Waals surface area contributed by atoms with Crippen molar-refractivity contribution in [3.05, 3.63) is 48.3 Å². The number of H-pyrrole nitrogens is 1. The molecule has 6 rings (SSSR count). The number of fused-ring (bicyclic) bond motifs is 3. The van der Waals surface area contributed by atoms with Crippen LogP contribution in [0.15, 0.2) is 42.5 Å². The van der Waals surface area contributed by atoms with Gasteiger partial charge in [0.2, 0.25) is 0 Å². The largest absolute Gasteiger partial charge is 0.494 e. The monoisotopic (exact) mass is 429 g/mol. The van der Waals surface area contributed by atoms with Crippen molar-refractivity contribution >= 4 is 23.6 Å². The molecule has 2 aromatic carbocycles. The summed E-state index contributed by atoms with van der Waals surface area (Å²) in [5, 5.41) is 0. The highest BCUT2D eigenvalue weighted by Crippen LogP contribution is 2.48. The first-order valence-corrected chi connectivity index (χ1v) is 11.9. The molecule has 3 fully saturated rings. The molecule has 3 unspecified atom stereocenters. The third-order valence-electron chi connectivity index (χ3n) is 8.46. The molecule has 5 nitrogen and oxygen atoms in total. The maximum Gasteiger partial charge on any atom is 0.494 e. The average molecular weight is 429 g/mol. The summed E-state index contributed by atoms with van der Waals surface area (Å²) in [6.07, 6.45) is 3.99. The van der Waals surface area contributed by atoms with E-state index in [2.05, 4.69) is 87.1 Å². The molecule has 32 heavy (non-hydrogen) atoms. The minimum Gasteiger partial charge on any atom is -0.399 e. The van der Waals surface area contributed by atoms with E-state index in [-0.39, 0.29) is 18.3 Å². The standard InChI is InChI=1S/C26H32BN3O2/c1-25(2)26(3,4)32-27(31-25)19-10-6-16(7-11-19)17-9-13-21-22(15-17)29-24(28-21)23-18-8-12-20(14-18)30(23)5/h6-7,9-11,13,15,18,20,23H,8,12,14H2,1-5H3,(H,28,29). The first kappa shape index (κ1) is 20.5. The van der Waals surface area contributed by atoms with Crippen LogP contribution in [0.25, 0.3) is 22.2 Å². The van der Waals surface area contributed by atoms with Gasteiger partial charge in [-0.05, 0) is 88.6 Å². The predicted octanol–water partition coefficient (Wildman–Crippen LogP) is 4.68. The second kappa shape index (κ2) is 6.93. The molecule has 3 heterocycles. The van der Waals surface area contributed by atoms with E-state index < -0.39 is 0 Å². The van der Waals surface area contributed by atoms with Crippen LogP contribution in [0, 0.1) is 5.92 Å². The number of imidazole rings is 1. The Morgan fingerprint density at radius 2 is 1.66 bits per heavy atom. The molecule has 166 valence electrons. The number of benzene rings is 2. The van der Waals surface area contributed by atoms with Gasteiger partial charge in [-0.2, -0.15) is 0 Å². The third-order valence-corrected chi connectivity index (χ3v) is 8.46. The van der Waals surface area contributed by atoms with Gasteiger partial charge in [-0.3, -0.25) is 4.90 Å². The highest BCUT2D eigenvalue weighted by atomic mass is 16.7. The second-order valence-corrected chi connectivity index (χ2v) is 10.9. The Bertz CT molecular complexity index is 1150. The zero-order valence-electron chi connectivity index (χ0n) is 19.7. The molecule has 2 aliphatic heterocycles. The van der Waals surface area contributed by atoms with Crippen LogP contribution in [0.3, 0.4) is 0 Å². The molecule has 2 bridgehead atoms. The summed E-state index contributed by atoms with van der Waals surface area (Å²) in [5.74, 6) is 1.87. The van der Waals surface area contributed by atoms with E-state index in [9.17, 15) is 0 Å². The van der Waals surface area contributed by atoms with Crippen molar-refractivity contribution in [2.45, 2.75) is 70.2 Å². The zero-order chi connectivity index (χ0) is 22.3. The molecule has 6 heteroatoms. The molecule has 1 saturated carbocycles. The third kappa shape index (κ3) is 3.07. The molecule has 1 aliphatic carbocycles. The van der Waals surface area contributed by atoms with Crippen molar-refractivity contribution in [3.8, 4) is 11.1 Å². The molecule has 3 aromatic rings. The number of aromatic amines is 1. The molecule has 0 amide bonds. The predicted molar refractivity (Wildman–Crippen MR) is 129 cm³/mol. The average Bonchev–Trinajstić information content (AvgIpc) is 3.49. The van der Waals surface area contributed by atoms with Crippen LogP contribution in [-0.4, -0.2) is 46.3 Å². The first-order valence-electron chi connectivity index (χ1n) is 11.9. The highest BCUT2D eigenvalue weighted by molar-refractivity contribution is 6.62. The van der Waals surface area contributed by atoms with Gasteiger partial charge in [0.15, 0.2) is 0 Å². The summed E-state index contributed by atoms with van der Waals surface area (Å²) < 4.78 is 12.4. The van der Waals surface area contributed by atoms with E-state index >= 15 is 0 Å². The van der Waals surface area contributed by atoms with Crippen molar-refractivity contribution in [2.75, 3.05) is 7.05 Å².